The number of nitrogens with zero attached hydrogens (tertiary/aromatic N) is 2. The van der Waals surface area contributed by atoms with E-state index in [2.05, 4.69) is 18.8 Å². The van der Waals surface area contributed by atoms with Crippen LogP contribution in [0.25, 0.3) is 0 Å². The first-order valence-electron chi connectivity index (χ1n) is 5.84. The van der Waals surface area contributed by atoms with Crippen LogP contribution in [0.2, 0.25) is 0 Å². The van der Waals surface area contributed by atoms with Crippen molar-refractivity contribution in [2.45, 2.75) is 33.2 Å². The number of carbonyl (C=O) groups is 1. The van der Waals surface area contributed by atoms with Gasteiger partial charge in [-0.2, -0.15) is 0 Å². The SMILES string of the molecule is Cc1ocnc1C(=O)N(C)CCC(N)C(C)C.Cl. The van der Waals surface area contributed by atoms with Gasteiger partial charge >= 0.3 is 0 Å². The number of halogens is 1. The normalized spacial score (nSPS) is 12.1. The predicted octanol–water partition coefficient (Wildman–Crippen LogP) is 1.85. The van der Waals surface area contributed by atoms with Crippen LogP contribution >= 0.6 is 12.4 Å². The zero-order valence-electron chi connectivity index (χ0n) is 11.3. The second kappa shape index (κ2) is 7.38. The highest BCUT2D eigenvalue weighted by atomic mass is 35.5. The van der Waals surface area contributed by atoms with Gasteiger partial charge in [-0.1, -0.05) is 13.8 Å². The van der Waals surface area contributed by atoms with Crippen LogP contribution in [0.1, 0.15) is 36.5 Å². The fraction of sp³-hybridized carbons (Fsp3) is 0.667. The minimum Gasteiger partial charge on any atom is -0.448 e. The van der Waals surface area contributed by atoms with Crippen LogP contribution in [-0.4, -0.2) is 35.4 Å². The van der Waals surface area contributed by atoms with Crippen molar-refractivity contribution in [2.75, 3.05) is 13.6 Å². The highest BCUT2D eigenvalue weighted by molar-refractivity contribution is 5.92. The molecule has 5 nitrogen and oxygen atoms in total. The predicted molar refractivity (Wildman–Crippen MR) is 72.9 cm³/mol. The van der Waals surface area contributed by atoms with Crippen LogP contribution in [0.4, 0.5) is 0 Å². The van der Waals surface area contributed by atoms with E-state index in [1.807, 2.05) is 0 Å². The lowest BCUT2D eigenvalue weighted by Crippen LogP contribution is -2.35. The maximum absolute atomic E-state index is 12.0. The lowest BCUT2D eigenvalue weighted by Gasteiger charge is -2.20. The summed E-state index contributed by atoms with van der Waals surface area (Å²) in [6, 6.07) is 0.114. The van der Waals surface area contributed by atoms with Crippen LogP contribution < -0.4 is 5.73 Å². The number of hydrogen-bond acceptors (Lipinski definition) is 4. The average molecular weight is 276 g/mol. The zero-order valence-corrected chi connectivity index (χ0v) is 12.2. The summed E-state index contributed by atoms with van der Waals surface area (Å²) in [5.41, 5.74) is 6.32. The maximum Gasteiger partial charge on any atom is 0.275 e. The molecule has 2 N–H and O–H groups in total. The monoisotopic (exact) mass is 275 g/mol. The molecule has 0 radical (unpaired) electrons. The van der Waals surface area contributed by atoms with Gasteiger partial charge in [0.15, 0.2) is 12.1 Å². The molecule has 0 bridgehead atoms. The maximum atomic E-state index is 12.0. The van der Waals surface area contributed by atoms with Crippen LogP contribution in [-0.2, 0) is 0 Å². The van der Waals surface area contributed by atoms with Crippen molar-refractivity contribution in [2.24, 2.45) is 11.7 Å². The summed E-state index contributed by atoms with van der Waals surface area (Å²) in [5, 5.41) is 0. The Morgan fingerprint density at radius 2 is 2.17 bits per heavy atom. The minimum absolute atomic E-state index is 0. The number of aryl methyl sites for hydroxylation is 1. The van der Waals surface area contributed by atoms with Gasteiger partial charge in [0.1, 0.15) is 5.76 Å². The molecule has 104 valence electrons. The molecule has 0 aliphatic heterocycles. The Hall–Kier alpha value is -1.07. The lowest BCUT2D eigenvalue weighted by atomic mass is 10.0. The standard InChI is InChI=1S/C12H21N3O2.ClH/c1-8(2)10(13)5-6-15(4)12(16)11-9(3)17-7-14-11;/h7-8,10H,5-6,13H2,1-4H3;1H. The second-order valence-electron chi connectivity index (χ2n) is 4.68. The zero-order chi connectivity index (χ0) is 13.0. The molecule has 0 saturated heterocycles. The van der Waals surface area contributed by atoms with Crippen molar-refractivity contribution in [3.8, 4) is 0 Å². The average Bonchev–Trinajstić information content (AvgIpc) is 2.70. The third-order valence-electron chi connectivity index (χ3n) is 2.95. The first kappa shape index (κ1) is 16.9. The Bertz CT molecular complexity index is 379. The summed E-state index contributed by atoms with van der Waals surface area (Å²) in [6.07, 6.45) is 2.08. The molecule has 1 amide bonds. The van der Waals surface area contributed by atoms with Crippen molar-refractivity contribution < 1.29 is 9.21 Å². The molecule has 1 atom stereocenters. The van der Waals surface area contributed by atoms with E-state index in [1.54, 1.807) is 18.9 Å². The number of carbonyl (C=O) groups excluding carboxylic acids is 1. The number of nitrogens with two attached hydrogens (primary N) is 1. The summed E-state index contributed by atoms with van der Waals surface area (Å²) in [6.45, 7) is 6.51. The Morgan fingerprint density at radius 1 is 1.56 bits per heavy atom. The van der Waals surface area contributed by atoms with Gasteiger partial charge in [-0.25, -0.2) is 4.98 Å². The molecule has 6 heteroatoms. The fourth-order valence-electron chi connectivity index (χ4n) is 1.47. The topological polar surface area (TPSA) is 72.4 Å². The first-order valence-corrected chi connectivity index (χ1v) is 5.84. The van der Waals surface area contributed by atoms with Crippen molar-refractivity contribution in [1.82, 2.24) is 9.88 Å². The second-order valence-corrected chi connectivity index (χ2v) is 4.68. The van der Waals surface area contributed by atoms with E-state index in [1.165, 1.54) is 6.39 Å². The Balaban J connectivity index is 0.00000289. The number of aromatic nitrogens is 1. The molecule has 0 saturated carbocycles. The van der Waals surface area contributed by atoms with E-state index in [-0.39, 0.29) is 24.4 Å². The number of hydrogen-bond donors (Lipinski definition) is 1. The third-order valence-corrected chi connectivity index (χ3v) is 2.95. The fourth-order valence-corrected chi connectivity index (χ4v) is 1.47. The summed E-state index contributed by atoms with van der Waals surface area (Å²) in [7, 11) is 1.75. The Morgan fingerprint density at radius 3 is 2.61 bits per heavy atom. The molecule has 0 fully saturated rings. The molecule has 1 rings (SSSR count). The van der Waals surface area contributed by atoms with Gasteiger partial charge in [0, 0.05) is 19.6 Å². The molecule has 0 aliphatic rings. The van der Waals surface area contributed by atoms with Crippen LogP contribution in [0.15, 0.2) is 10.8 Å². The van der Waals surface area contributed by atoms with Crippen LogP contribution in [0.5, 0.6) is 0 Å². The Kier molecular flexibility index (Phi) is 6.94. The highest BCUT2D eigenvalue weighted by Gasteiger charge is 2.18. The third kappa shape index (κ3) is 4.31. The smallest absolute Gasteiger partial charge is 0.275 e. The van der Waals surface area contributed by atoms with E-state index < -0.39 is 0 Å². The molecule has 0 spiro atoms. The summed E-state index contributed by atoms with van der Waals surface area (Å²) in [4.78, 5) is 17.5. The van der Waals surface area contributed by atoms with Crippen molar-refractivity contribution in [3.63, 3.8) is 0 Å². The van der Waals surface area contributed by atoms with Gasteiger partial charge in [0.25, 0.3) is 5.91 Å². The number of oxazole rings is 1. The molecule has 0 aliphatic carbocycles. The minimum atomic E-state index is -0.118. The summed E-state index contributed by atoms with van der Waals surface area (Å²) < 4.78 is 5.02. The van der Waals surface area contributed by atoms with Crippen molar-refractivity contribution in [3.05, 3.63) is 17.8 Å². The molecular weight excluding hydrogens is 254 g/mol. The lowest BCUT2D eigenvalue weighted by molar-refractivity contribution is 0.0782. The van der Waals surface area contributed by atoms with E-state index in [9.17, 15) is 4.79 Å². The van der Waals surface area contributed by atoms with Crippen LogP contribution in [0.3, 0.4) is 0 Å². The van der Waals surface area contributed by atoms with Gasteiger partial charge in [0.05, 0.1) is 0 Å². The summed E-state index contributed by atoms with van der Waals surface area (Å²) in [5.74, 6) is 0.856. The highest BCUT2D eigenvalue weighted by Crippen LogP contribution is 2.09. The van der Waals surface area contributed by atoms with Gasteiger partial charge in [-0.3, -0.25) is 4.79 Å². The van der Waals surface area contributed by atoms with Gasteiger partial charge in [0.2, 0.25) is 0 Å². The molecular formula is C12H22ClN3O2. The summed E-state index contributed by atoms with van der Waals surface area (Å²) >= 11 is 0. The molecule has 0 aromatic carbocycles. The number of amides is 1. The molecule has 1 unspecified atom stereocenters. The number of rotatable bonds is 5. The van der Waals surface area contributed by atoms with Crippen molar-refractivity contribution in [1.29, 1.82) is 0 Å². The van der Waals surface area contributed by atoms with Gasteiger partial charge in [-0.15, -0.1) is 12.4 Å². The van der Waals surface area contributed by atoms with Crippen LogP contribution in [0, 0.1) is 12.8 Å². The van der Waals surface area contributed by atoms with E-state index in [4.69, 9.17) is 10.2 Å². The molecule has 1 aromatic heterocycles. The molecule has 1 aromatic rings. The van der Waals surface area contributed by atoms with E-state index in [0.717, 1.165) is 6.42 Å². The quantitative estimate of drug-likeness (QED) is 0.890. The van der Waals surface area contributed by atoms with Gasteiger partial charge < -0.3 is 15.1 Å². The molecule has 1 heterocycles. The van der Waals surface area contributed by atoms with E-state index >= 15 is 0 Å². The van der Waals surface area contributed by atoms with Gasteiger partial charge in [-0.05, 0) is 19.3 Å². The first-order chi connectivity index (χ1) is 7.93. The molecule has 18 heavy (non-hydrogen) atoms. The van der Waals surface area contributed by atoms with E-state index in [0.29, 0.717) is 23.9 Å². The largest absolute Gasteiger partial charge is 0.448 e. The van der Waals surface area contributed by atoms with Crippen molar-refractivity contribution >= 4 is 18.3 Å². The Labute approximate surface area is 114 Å².